The Morgan fingerprint density at radius 3 is 1.85 bits per heavy atom. The van der Waals surface area contributed by atoms with Crippen molar-refractivity contribution in [2.75, 3.05) is 19.1 Å². The number of methoxy groups -OCH3 is 2. The van der Waals surface area contributed by atoms with Crippen LogP contribution in [0.3, 0.4) is 0 Å². The molecule has 1 aliphatic carbocycles. The Kier molecular flexibility index (Phi) is 11.4. The summed E-state index contributed by atoms with van der Waals surface area (Å²) >= 11 is 1.72. The maximum atomic E-state index is 9.25. The van der Waals surface area contributed by atoms with E-state index in [9.17, 15) is 10.5 Å². The van der Waals surface area contributed by atoms with Gasteiger partial charge in [0.15, 0.2) is 5.57 Å². The van der Waals surface area contributed by atoms with Crippen LogP contribution in [0.4, 0.5) is 17.1 Å². The molecule has 54 heavy (non-hydrogen) atoms. The van der Waals surface area contributed by atoms with Crippen LogP contribution >= 0.6 is 11.3 Å². The smallest absolute Gasteiger partial charge is 0.171 e. The number of hydrogen-bond acceptors (Lipinski definition) is 7. The molecule has 0 saturated heterocycles. The normalized spacial score (nSPS) is 17.5. The zero-order chi connectivity index (χ0) is 38.3. The third kappa shape index (κ3) is 9.12. The van der Waals surface area contributed by atoms with Crippen molar-refractivity contribution in [1.29, 1.82) is 10.5 Å². The number of ether oxygens (including phenoxy) is 3. The van der Waals surface area contributed by atoms with Gasteiger partial charge in [-0.1, -0.05) is 61.9 Å². The standard InChI is InChI=1S/C47H45N3O3S/c1-46(2)29-34(27-35(30-46)11-23-43-25-26-44(54-43)24-12-37-28-45(36(31-48)32-49)53-47(37,3)4)8-7-33-9-13-38(14-10-33)50(39-15-19-41(51-5)20-16-39)40-17-21-42(52-6)22-18-40/h7-28,35H,29-30H2,1-6H3/b8-7+,23-11+,24-12+. The molecule has 1 atom stereocenters. The molecular formula is C47H45N3O3S. The molecule has 2 heterocycles. The first-order valence-corrected chi connectivity index (χ1v) is 18.8. The van der Waals surface area contributed by atoms with Crippen molar-refractivity contribution in [3.63, 3.8) is 0 Å². The Balaban J connectivity index is 1.15. The minimum Gasteiger partial charge on any atom is -0.497 e. The van der Waals surface area contributed by atoms with Crippen LogP contribution in [0.25, 0.3) is 18.2 Å². The lowest BCUT2D eigenvalue weighted by Gasteiger charge is -2.32. The van der Waals surface area contributed by atoms with Gasteiger partial charge in [-0.25, -0.2) is 0 Å². The second-order valence-corrected chi connectivity index (χ2v) is 15.9. The van der Waals surface area contributed by atoms with Crippen molar-refractivity contribution in [1.82, 2.24) is 0 Å². The molecule has 6 rings (SSSR count). The first-order valence-electron chi connectivity index (χ1n) is 18.0. The maximum absolute atomic E-state index is 9.25. The predicted octanol–water partition coefficient (Wildman–Crippen LogP) is 12.4. The van der Waals surface area contributed by atoms with Crippen molar-refractivity contribution in [2.24, 2.45) is 11.3 Å². The van der Waals surface area contributed by atoms with Gasteiger partial charge in [0.25, 0.3) is 0 Å². The Hall–Kier alpha value is -6.02. The molecule has 0 fully saturated rings. The largest absolute Gasteiger partial charge is 0.497 e. The van der Waals surface area contributed by atoms with Crippen molar-refractivity contribution in [3.8, 4) is 23.6 Å². The highest BCUT2D eigenvalue weighted by atomic mass is 32.1. The first-order chi connectivity index (χ1) is 26.0. The number of rotatable bonds is 11. The van der Waals surface area contributed by atoms with E-state index in [1.807, 2.05) is 56.3 Å². The molecule has 0 saturated carbocycles. The predicted molar refractivity (Wildman–Crippen MR) is 222 cm³/mol. The molecule has 1 unspecified atom stereocenters. The lowest BCUT2D eigenvalue weighted by Crippen LogP contribution is -2.20. The van der Waals surface area contributed by atoms with Crippen LogP contribution in [0.5, 0.6) is 11.5 Å². The summed E-state index contributed by atoms with van der Waals surface area (Å²) in [4.78, 5) is 4.53. The van der Waals surface area contributed by atoms with E-state index in [1.54, 1.807) is 31.6 Å². The highest BCUT2D eigenvalue weighted by molar-refractivity contribution is 7.13. The molecule has 1 aromatic heterocycles. The Labute approximate surface area is 323 Å². The summed E-state index contributed by atoms with van der Waals surface area (Å²) in [6, 6.07) is 33.0. The van der Waals surface area contributed by atoms with E-state index in [2.05, 4.69) is 116 Å². The van der Waals surface area contributed by atoms with Gasteiger partial charge in [0.1, 0.15) is 35.0 Å². The van der Waals surface area contributed by atoms with Gasteiger partial charge < -0.3 is 19.1 Å². The van der Waals surface area contributed by atoms with Crippen LogP contribution in [0.2, 0.25) is 0 Å². The Morgan fingerprint density at radius 2 is 1.30 bits per heavy atom. The van der Waals surface area contributed by atoms with E-state index < -0.39 is 5.60 Å². The summed E-state index contributed by atoms with van der Waals surface area (Å²) in [5.74, 6) is 2.30. The number of hydrogen-bond donors (Lipinski definition) is 0. The average molecular weight is 732 g/mol. The monoisotopic (exact) mass is 731 g/mol. The lowest BCUT2D eigenvalue weighted by molar-refractivity contribution is 0.0959. The van der Waals surface area contributed by atoms with Gasteiger partial charge in [0, 0.05) is 26.8 Å². The molecule has 0 radical (unpaired) electrons. The second kappa shape index (κ2) is 16.3. The summed E-state index contributed by atoms with van der Waals surface area (Å²) in [5.41, 5.74) is 6.09. The minimum absolute atomic E-state index is 0.0123. The Bertz CT molecular complexity index is 2170. The number of allylic oxidation sites excluding steroid dienone is 6. The highest BCUT2D eigenvalue weighted by Crippen LogP contribution is 2.41. The second-order valence-electron chi connectivity index (χ2n) is 14.7. The zero-order valence-electron chi connectivity index (χ0n) is 31.7. The van der Waals surface area contributed by atoms with E-state index in [0.717, 1.165) is 57.4 Å². The SMILES string of the molecule is COc1ccc(N(c2ccc(/C=C/C3=CC(/C=C/c4ccc(/C=C/C5=CC(=C(C#N)C#N)OC5(C)C)s4)CC(C)(C)C3)cc2)c2ccc(OC)cc2)cc1. The minimum atomic E-state index is -0.614. The van der Waals surface area contributed by atoms with Gasteiger partial charge in [-0.2, -0.15) is 10.5 Å². The highest BCUT2D eigenvalue weighted by Gasteiger charge is 2.32. The summed E-state index contributed by atoms with van der Waals surface area (Å²) in [6.45, 7) is 8.58. The van der Waals surface area contributed by atoms with Gasteiger partial charge >= 0.3 is 0 Å². The van der Waals surface area contributed by atoms with Crippen LogP contribution in [0.15, 0.2) is 138 Å². The van der Waals surface area contributed by atoms with Gasteiger partial charge in [-0.15, -0.1) is 11.3 Å². The van der Waals surface area contributed by atoms with Gasteiger partial charge in [-0.05, 0) is 140 Å². The maximum Gasteiger partial charge on any atom is 0.171 e. The molecule has 7 heteroatoms. The zero-order valence-corrected chi connectivity index (χ0v) is 32.5. The van der Waals surface area contributed by atoms with Gasteiger partial charge in [0.05, 0.1) is 14.2 Å². The molecule has 0 bridgehead atoms. The average Bonchev–Trinajstić information content (AvgIpc) is 3.75. The summed E-state index contributed by atoms with van der Waals surface area (Å²) < 4.78 is 16.7. The molecule has 2 aliphatic rings. The molecule has 3 aromatic carbocycles. The van der Waals surface area contributed by atoms with Crippen LogP contribution in [0, 0.1) is 34.0 Å². The van der Waals surface area contributed by atoms with Gasteiger partial charge in [0.2, 0.25) is 0 Å². The van der Waals surface area contributed by atoms with E-state index in [-0.39, 0.29) is 11.0 Å². The number of anilines is 3. The van der Waals surface area contributed by atoms with Crippen molar-refractivity contribution in [2.45, 2.75) is 46.1 Å². The van der Waals surface area contributed by atoms with Crippen molar-refractivity contribution < 1.29 is 14.2 Å². The molecule has 0 spiro atoms. The van der Waals surface area contributed by atoms with Crippen LogP contribution in [0.1, 0.15) is 55.9 Å². The quantitative estimate of drug-likeness (QED) is 0.143. The van der Waals surface area contributed by atoms with Crippen LogP contribution < -0.4 is 14.4 Å². The molecule has 272 valence electrons. The molecule has 4 aromatic rings. The van der Waals surface area contributed by atoms with Crippen LogP contribution in [-0.2, 0) is 4.74 Å². The Morgan fingerprint density at radius 1 is 0.741 bits per heavy atom. The molecule has 1 aliphatic heterocycles. The third-order valence-corrected chi connectivity index (χ3v) is 10.6. The number of benzene rings is 3. The van der Waals surface area contributed by atoms with Gasteiger partial charge in [-0.3, -0.25) is 0 Å². The molecule has 0 amide bonds. The third-order valence-electron chi connectivity index (χ3n) is 9.60. The van der Waals surface area contributed by atoms with E-state index in [1.165, 1.54) is 10.5 Å². The van der Waals surface area contributed by atoms with Crippen molar-refractivity contribution in [3.05, 3.63) is 153 Å². The number of thiophene rings is 1. The summed E-state index contributed by atoms with van der Waals surface area (Å²) in [7, 11) is 3.36. The molecule has 6 nitrogen and oxygen atoms in total. The first kappa shape index (κ1) is 37.7. The topological polar surface area (TPSA) is 78.5 Å². The number of nitrogens with zero attached hydrogens (tertiary/aromatic N) is 3. The fraction of sp³-hybridized carbons (Fsp3) is 0.234. The summed E-state index contributed by atoms with van der Waals surface area (Å²) in [5, 5.41) is 18.5. The van der Waals surface area contributed by atoms with Crippen molar-refractivity contribution >= 4 is 46.6 Å². The molecular weight excluding hydrogens is 687 g/mol. The molecule has 0 N–H and O–H groups in total. The number of nitriles is 2. The van der Waals surface area contributed by atoms with Crippen LogP contribution in [-0.4, -0.2) is 19.8 Å². The summed E-state index contributed by atoms with van der Waals surface area (Å²) in [6.07, 6.45) is 19.4. The van der Waals surface area contributed by atoms with E-state index >= 15 is 0 Å². The van der Waals surface area contributed by atoms with E-state index in [4.69, 9.17) is 14.2 Å². The van der Waals surface area contributed by atoms with E-state index in [0.29, 0.717) is 11.7 Å². The lowest BCUT2D eigenvalue weighted by atomic mass is 9.72. The fourth-order valence-corrected chi connectivity index (χ4v) is 7.69. The fourth-order valence-electron chi connectivity index (χ4n) is 6.86.